The van der Waals surface area contributed by atoms with Gasteiger partial charge in [0.15, 0.2) is 0 Å². The Morgan fingerprint density at radius 3 is 2.82 bits per heavy atom. The third-order valence-electron chi connectivity index (χ3n) is 2.75. The van der Waals surface area contributed by atoms with E-state index in [2.05, 4.69) is 35.2 Å². The van der Waals surface area contributed by atoms with Crippen LogP contribution in [0.5, 0.6) is 0 Å². The van der Waals surface area contributed by atoms with Gasteiger partial charge in [-0.1, -0.05) is 6.07 Å². The van der Waals surface area contributed by atoms with Crippen molar-refractivity contribution in [2.24, 2.45) is 0 Å². The van der Waals surface area contributed by atoms with Crippen LogP contribution in [0.2, 0.25) is 0 Å². The molecular formula is C13H17N3S. The summed E-state index contributed by atoms with van der Waals surface area (Å²) in [5.74, 6) is 0. The molecule has 2 heterocycles. The first-order valence-electron chi connectivity index (χ1n) is 5.73. The Labute approximate surface area is 106 Å². The molecule has 0 amide bonds. The highest BCUT2D eigenvalue weighted by Gasteiger charge is 2.08. The van der Waals surface area contributed by atoms with Crippen LogP contribution in [0.1, 0.15) is 34.1 Å². The van der Waals surface area contributed by atoms with Crippen molar-refractivity contribution in [3.05, 3.63) is 45.7 Å². The second-order valence-corrected chi connectivity index (χ2v) is 5.42. The van der Waals surface area contributed by atoms with E-state index in [4.69, 9.17) is 0 Å². The number of rotatable bonds is 4. The third-order valence-corrected chi connectivity index (χ3v) is 3.83. The zero-order valence-electron chi connectivity index (χ0n) is 10.4. The fraction of sp³-hybridized carbons (Fsp3) is 0.385. The molecule has 0 saturated carbocycles. The summed E-state index contributed by atoms with van der Waals surface area (Å²) in [6, 6.07) is 4.37. The Morgan fingerprint density at radius 1 is 1.41 bits per heavy atom. The molecular weight excluding hydrogens is 230 g/mol. The van der Waals surface area contributed by atoms with Gasteiger partial charge in [-0.2, -0.15) is 0 Å². The monoisotopic (exact) mass is 247 g/mol. The minimum absolute atomic E-state index is 0.311. The average Bonchev–Trinajstić information content (AvgIpc) is 2.66. The fourth-order valence-corrected chi connectivity index (χ4v) is 2.62. The molecule has 0 radical (unpaired) electrons. The normalized spacial score (nSPS) is 12.6. The molecule has 2 aromatic rings. The number of nitrogens with zero attached hydrogens (tertiary/aromatic N) is 2. The van der Waals surface area contributed by atoms with Gasteiger partial charge >= 0.3 is 0 Å². The lowest BCUT2D eigenvalue weighted by atomic mass is 10.1. The van der Waals surface area contributed by atoms with Crippen molar-refractivity contribution >= 4 is 11.3 Å². The van der Waals surface area contributed by atoms with E-state index >= 15 is 0 Å². The van der Waals surface area contributed by atoms with Crippen molar-refractivity contribution in [3.8, 4) is 0 Å². The van der Waals surface area contributed by atoms with E-state index in [9.17, 15) is 0 Å². The predicted molar refractivity (Wildman–Crippen MR) is 71.1 cm³/mol. The number of aromatic nitrogens is 2. The Kier molecular flexibility index (Phi) is 3.86. The Hall–Kier alpha value is -1.26. The predicted octanol–water partition coefficient (Wildman–Crippen LogP) is 3.01. The summed E-state index contributed by atoms with van der Waals surface area (Å²) in [7, 11) is 0. The highest BCUT2D eigenvalue weighted by molar-refractivity contribution is 7.11. The third kappa shape index (κ3) is 3.11. The summed E-state index contributed by atoms with van der Waals surface area (Å²) < 4.78 is 0. The summed E-state index contributed by atoms with van der Waals surface area (Å²) in [5, 5.41) is 4.63. The molecule has 0 unspecified atom stereocenters. The lowest BCUT2D eigenvalue weighted by Gasteiger charge is -2.13. The molecule has 2 rings (SSSR count). The topological polar surface area (TPSA) is 37.8 Å². The number of aryl methyl sites for hydroxylation is 2. The van der Waals surface area contributed by atoms with Gasteiger partial charge in [-0.15, -0.1) is 11.3 Å². The minimum atomic E-state index is 0.311. The lowest BCUT2D eigenvalue weighted by Crippen LogP contribution is -2.18. The van der Waals surface area contributed by atoms with Crippen LogP contribution in [0.15, 0.2) is 24.5 Å². The van der Waals surface area contributed by atoms with Gasteiger partial charge in [-0.25, -0.2) is 4.98 Å². The molecule has 0 fully saturated rings. The molecule has 0 bridgehead atoms. The van der Waals surface area contributed by atoms with Crippen molar-refractivity contribution in [2.75, 3.05) is 0 Å². The van der Waals surface area contributed by atoms with Gasteiger partial charge in [0.2, 0.25) is 0 Å². The highest BCUT2D eigenvalue weighted by atomic mass is 32.1. The Balaban J connectivity index is 1.97. The average molecular weight is 247 g/mol. The Bertz CT molecular complexity index is 479. The van der Waals surface area contributed by atoms with E-state index in [-0.39, 0.29) is 0 Å². The van der Waals surface area contributed by atoms with Crippen molar-refractivity contribution < 1.29 is 0 Å². The second-order valence-electron chi connectivity index (χ2n) is 4.13. The first-order chi connectivity index (χ1) is 8.16. The summed E-state index contributed by atoms with van der Waals surface area (Å²) in [4.78, 5) is 9.88. The van der Waals surface area contributed by atoms with Crippen molar-refractivity contribution in [3.63, 3.8) is 0 Å². The van der Waals surface area contributed by atoms with Gasteiger partial charge in [-0.05, 0) is 32.4 Å². The highest BCUT2D eigenvalue weighted by Crippen LogP contribution is 2.18. The molecule has 0 saturated heterocycles. The quantitative estimate of drug-likeness (QED) is 0.902. The van der Waals surface area contributed by atoms with Crippen LogP contribution < -0.4 is 5.32 Å². The van der Waals surface area contributed by atoms with E-state index < -0.39 is 0 Å². The minimum Gasteiger partial charge on any atom is -0.305 e. The molecule has 2 aromatic heterocycles. The van der Waals surface area contributed by atoms with Crippen LogP contribution in [0.4, 0.5) is 0 Å². The van der Waals surface area contributed by atoms with Crippen LogP contribution in [-0.2, 0) is 6.54 Å². The Morgan fingerprint density at radius 2 is 2.24 bits per heavy atom. The molecule has 0 aliphatic carbocycles. The van der Waals surface area contributed by atoms with Gasteiger partial charge in [0.25, 0.3) is 0 Å². The first-order valence-corrected chi connectivity index (χ1v) is 6.54. The number of thiazole rings is 1. The number of hydrogen-bond acceptors (Lipinski definition) is 4. The summed E-state index contributed by atoms with van der Waals surface area (Å²) in [5.41, 5.74) is 2.35. The van der Waals surface area contributed by atoms with Crippen molar-refractivity contribution in [1.29, 1.82) is 0 Å². The molecule has 0 aliphatic rings. The molecule has 1 N–H and O–H groups in total. The summed E-state index contributed by atoms with van der Waals surface area (Å²) in [6.45, 7) is 7.13. The van der Waals surface area contributed by atoms with Crippen molar-refractivity contribution in [2.45, 2.75) is 33.4 Å². The molecule has 1 atom stereocenters. The maximum absolute atomic E-state index is 4.43. The number of pyridine rings is 1. The molecule has 0 aliphatic heterocycles. The van der Waals surface area contributed by atoms with Crippen LogP contribution in [-0.4, -0.2) is 9.97 Å². The van der Waals surface area contributed by atoms with Crippen LogP contribution >= 0.6 is 11.3 Å². The number of hydrogen-bond donors (Lipinski definition) is 1. The van der Waals surface area contributed by atoms with Crippen molar-refractivity contribution in [1.82, 2.24) is 15.3 Å². The van der Waals surface area contributed by atoms with Gasteiger partial charge < -0.3 is 5.32 Å². The lowest BCUT2D eigenvalue weighted by molar-refractivity contribution is 0.575. The SMILES string of the molecule is Cc1nc(C)c(CN[C@H](C)c2cccnc2)s1. The molecule has 17 heavy (non-hydrogen) atoms. The summed E-state index contributed by atoms with van der Waals surface area (Å²) >= 11 is 1.76. The van der Waals surface area contributed by atoms with Gasteiger partial charge in [0.05, 0.1) is 10.7 Å². The zero-order valence-corrected chi connectivity index (χ0v) is 11.2. The fourth-order valence-electron chi connectivity index (χ4n) is 1.73. The smallest absolute Gasteiger partial charge is 0.0900 e. The van der Waals surface area contributed by atoms with Gasteiger partial charge in [0, 0.05) is 29.9 Å². The van der Waals surface area contributed by atoms with E-state index in [1.54, 1.807) is 17.5 Å². The maximum Gasteiger partial charge on any atom is 0.0900 e. The van der Waals surface area contributed by atoms with E-state index in [1.165, 1.54) is 10.4 Å². The van der Waals surface area contributed by atoms with Gasteiger partial charge in [-0.3, -0.25) is 4.98 Å². The van der Waals surface area contributed by atoms with E-state index in [0.717, 1.165) is 17.2 Å². The van der Waals surface area contributed by atoms with Gasteiger partial charge in [0.1, 0.15) is 0 Å². The molecule has 0 spiro atoms. The standard InChI is InChI=1S/C13H17N3S/c1-9(12-5-4-6-14-7-12)15-8-13-10(2)16-11(3)17-13/h4-7,9,15H,8H2,1-3H3/t9-/m1/s1. The summed E-state index contributed by atoms with van der Waals surface area (Å²) in [6.07, 6.45) is 3.70. The molecule has 4 heteroatoms. The van der Waals surface area contributed by atoms with Crippen LogP contribution in [0, 0.1) is 13.8 Å². The largest absolute Gasteiger partial charge is 0.305 e. The second kappa shape index (κ2) is 5.38. The van der Waals surface area contributed by atoms with Crippen LogP contribution in [0.25, 0.3) is 0 Å². The number of nitrogens with one attached hydrogen (secondary N) is 1. The molecule has 0 aromatic carbocycles. The maximum atomic E-state index is 4.43. The van der Waals surface area contributed by atoms with E-state index in [0.29, 0.717) is 6.04 Å². The first kappa shape index (κ1) is 12.2. The zero-order chi connectivity index (χ0) is 12.3. The van der Waals surface area contributed by atoms with E-state index in [1.807, 2.05) is 19.2 Å². The molecule has 90 valence electrons. The molecule has 3 nitrogen and oxygen atoms in total. The van der Waals surface area contributed by atoms with Crippen LogP contribution in [0.3, 0.4) is 0 Å².